The average Bonchev–Trinajstić information content (AvgIpc) is 2.75. The third-order valence-corrected chi connectivity index (χ3v) is 4.96. The Kier molecular flexibility index (Phi) is 5.27. The van der Waals surface area contributed by atoms with Gasteiger partial charge >= 0.3 is 5.97 Å². The van der Waals surface area contributed by atoms with Gasteiger partial charge in [0.05, 0.1) is 12.2 Å². The number of esters is 1. The molecule has 0 radical (unpaired) electrons. The predicted octanol–water partition coefficient (Wildman–Crippen LogP) is 3.62. The summed E-state index contributed by atoms with van der Waals surface area (Å²) < 4.78 is 5.15. The monoisotopic (exact) mass is 329 g/mol. The molecule has 0 aliphatic heterocycles. The zero-order chi connectivity index (χ0) is 15.6. The molecule has 0 aromatic carbocycles. The largest absolute Gasteiger partial charge is 0.462 e. The Morgan fingerprint density at radius 2 is 2.24 bits per heavy atom. The molecule has 0 saturated heterocycles. The van der Waals surface area contributed by atoms with Crippen molar-refractivity contribution in [2.24, 2.45) is 5.92 Å². The van der Waals surface area contributed by atoms with Gasteiger partial charge < -0.3 is 10.1 Å². The smallest absolute Gasteiger partial charge is 0.341 e. The van der Waals surface area contributed by atoms with E-state index in [1.54, 1.807) is 13.8 Å². The van der Waals surface area contributed by atoms with Crippen LogP contribution in [0.2, 0.25) is 0 Å². The van der Waals surface area contributed by atoms with Crippen LogP contribution >= 0.6 is 22.9 Å². The van der Waals surface area contributed by atoms with Gasteiger partial charge in [-0.05, 0) is 44.6 Å². The van der Waals surface area contributed by atoms with Gasteiger partial charge in [0.25, 0.3) is 0 Å². The maximum Gasteiger partial charge on any atom is 0.341 e. The molecule has 1 N–H and O–H groups in total. The van der Waals surface area contributed by atoms with Crippen LogP contribution in [0.3, 0.4) is 0 Å². The van der Waals surface area contributed by atoms with E-state index < -0.39 is 5.38 Å². The number of carbonyl (C=O) groups is 2. The van der Waals surface area contributed by atoms with E-state index in [9.17, 15) is 9.59 Å². The van der Waals surface area contributed by atoms with Crippen molar-refractivity contribution in [1.29, 1.82) is 0 Å². The Labute approximate surface area is 133 Å². The zero-order valence-electron chi connectivity index (χ0n) is 12.5. The quantitative estimate of drug-likeness (QED) is 0.678. The van der Waals surface area contributed by atoms with Crippen molar-refractivity contribution < 1.29 is 14.3 Å². The molecule has 1 aromatic rings. The third kappa shape index (κ3) is 3.58. The van der Waals surface area contributed by atoms with Crippen LogP contribution in [-0.4, -0.2) is 23.9 Å². The maximum atomic E-state index is 12.2. The fourth-order valence-corrected chi connectivity index (χ4v) is 3.93. The van der Waals surface area contributed by atoms with Gasteiger partial charge in [0, 0.05) is 4.88 Å². The summed E-state index contributed by atoms with van der Waals surface area (Å²) in [4.78, 5) is 25.2. The number of nitrogens with one attached hydrogen (secondary N) is 1. The van der Waals surface area contributed by atoms with E-state index in [1.807, 2.05) is 0 Å². The first kappa shape index (κ1) is 16.3. The third-order valence-electron chi connectivity index (χ3n) is 3.59. The molecule has 1 heterocycles. The Balaban J connectivity index is 2.38. The van der Waals surface area contributed by atoms with Gasteiger partial charge in [-0.15, -0.1) is 22.9 Å². The lowest BCUT2D eigenvalue weighted by atomic mass is 9.88. The van der Waals surface area contributed by atoms with Crippen LogP contribution in [0.25, 0.3) is 0 Å². The molecule has 0 unspecified atom stereocenters. The molecule has 0 fully saturated rings. The molecule has 6 heteroatoms. The van der Waals surface area contributed by atoms with Gasteiger partial charge in [0.2, 0.25) is 5.91 Å². The molecular weight excluding hydrogens is 310 g/mol. The molecule has 0 saturated carbocycles. The highest BCUT2D eigenvalue weighted by Crippen LogP contribution is 2.40. The summed E-state index contributed by atoms with van der Waals surface area (Å²) in [6.45, 7) is 5.90. The maximum absolute atomic E-state index is 12.2. The van der Waals surface area contributed by atoms with E-state index in [-0.39, 0.29) is 11.9 Å². The lowest BCUT2D eigenvalue weighted by Gasteiger charge is -2.18. The molecule has 116 valence electrons. The second-order valence-corrected chi connectivity index (χ2v) is 7.14. The van der Waals surface area contributed by atoms with Crippen molar-refractivity contribution >= 4 is 39.8 Å². The number of halogens is 1. The van der Waals surface area contributed by atoms with E-state index in [1.165, 1.54) is 16.2 Å². The molecule has 2 rings (SSSR count). The molecule has 1 amide bonds. The Bertz CT molecular complexity index is 553. The summed E-state index contributed by atoms with van der Waals surface area (Å²) in [5.74, 6) is -0.0577. The topological polar surface area (TPSA) is 55.4 Å². The number of amides is 1. The second kappa shape index (κ2) is 6.79. The highest BCUT2D eigenvalue weighted by Gasteiger charge is 2.29. The van der Waals surface area contributed by atoms with Crippen LogP contribution < -0.4 is 5.32 Å². The van der Waals surface area contributed by atoms with E-state index >= 15 is 0 Å². The lowest BCUT2D eigenvalue weighted by molar-refractivity contribution is -0.115. The number of ether oxygens (including phenoxy) is 1. The molecule has 0 bridgehead atoms. The standard InChI is InChI=1S/C15H20ClNO3S/c1-4-20-15(19)12-10-6-5-8(2)7-11(10)21-14(12)17-13(18)9(3)16/h8-9H,4-7H2,1-3H3,(H,17,18)/t8-,9+/m1/s1. The molecule has 1 aromatic heterocycles. The normalized spacial score (nSPS) is 18.8. The van der Waals surface area contributed by atoms with Crippen LogP contribution in [0.4, 0.5) is 5.00 Å². The number of anilines is 1. The number of rotatable bonds is 4. The number of fused-ring (bicyclic) bond motifs is 1. The summed E-state index contributed by atoms with van der Waals surface area (Å²) in [7, 11) is 0. The summed E-state index contributed by atoms with van der Waals surface area (Å²) in [6, 6.07) is 0. The fraction of sp³-hybridized carbons (Fsp3) is 0.600. The van der Waals surface area contributed by atoms with Gasteiger partial charge in [-0.1, -0.05) is 6.92 Å². The van der Waals surface area contributed by atoms with Crippen LogP contribution in [-0.2, 0) is 22.4 Å². The van der Waals surface area contributed by atoms with Gasteiger partial charge in [-0.2, -0.15) is 0 Å². The van der Waals surface area contributed by atoms with Crippen molar-refractivity contribution in [1.82, 2.24) is 0 Å². The van der Waals surface area contributed by atoms with Crippen LogP contribution in [0.5, 0.6) is 0 Å². The molecule has 1 aliphatic carbocycles. The Morgan fingerprint density at radius 3 is 2.86 bits per heavy atom. The van der Waals surface area contributed by atoms with E-state index in [0.717, 1.165) is 24.8 Å². The second-order valence-electron chi connectivity index (χ2n) is 5.38. The molecule has 4 nitrogen and oxygen atoms in total. The van der Waals surface area contributed by atoms with Gasteiger partial charge in [-0.25, -0.2) is 4.79 Å². The van der Waals surface area contributed by atoms with Crippen molar-refractivity contribution in [3.63, 3.8) is 0 Å². The molecule has 1 aliphatic rings. The van der Waals surface area contributed by atoms with E-state index in [4.69, 9.17) is 16.3 Å². The first-order valence-electron chi connectivity index (χ1n) is 7.20. The zero-order valence-corrected chi connectivity index (χ0v) is 14.1. The fourth-order valence-electron chi connectivity index (χ4n) is 2.47. The van der Waals surface area contributed by atoms with Gasteiger partial charge in [0.15, 0.2) is 0 Å². The number of thiophene rings is 1. The highest BCUT2D eigenvalue weighted by atomic mass is 35.5. The minimum atomic E-state index is -0.641. The van der Waals surface area contributed by atoms with E-state index in [2.05, 4.69) is 12.2 Å². The Morgan fingerprint density at radius 1 is 1.52 bits per heavy atom. The summed E-state index contributed by atoms with van der Waals surface area (Å²) in [5.41, 5.74) is 1.56. The first-order valence-corrected chi connectivity index (χ1v) is 8.45. The molecular formula is C15H20ClNO3S. The molecule has 2 atom stereocenters. The van der Waals surface area contributed by atoms with Crippen molar-refractivity contribution in [2.45, 2.75) is 45.4 Å². The van der Waals surface area contributed by atoms with Crippen LogP contribution in [0, 0.1) is 5.92 Å². The van der Waals surface area contributed by atoms with E-state index in [0.29, 0.717) is 23.1 Å². The highest BCUT2D eigenvalue weighted by molar-refractivity contribution is 7.17. The summed E-state index contributed by atoms with van der Waals surface area (Å²) in [6.07, 6.45) is 2.85. The Hall–Kier alpha value is -1.07. The van der Waals surface area contributed by atoms with Crippen molar-refractivity contribution in [3.8, 4) is 0 Å². The number of alkyl halides is 1. The predicted molar refractivity (Wildman–Crippen MR) is 85.4 cm³/mol. The number of carbonyl (C=O) groups excluding carboxylic acids is 2. The van der Waals surface area contributed by atoms with Crippen molar-refractivity contribution in [2.75, 3.05) is 11.9 Å². The van der Waals surface area contributed by atoms with Gasteiger partial charge in [-0.3, -0.25) is 4.79 Å². The minimum absolute atomic E-state index is 0.297. The van der Waals surface area contributed by atoms with Gasteiger partial charge in [0.1, 0.15) is 10.4 Å². The first-order chi connectivity index (χ1) is 9.93. The SMILES string of the molecule is CCOC(=O)c1c(NC(=O)[C@H](C)Cl)sc2c1CC[C@@H](C)C2. The number of hydrogen-bond acceptors (Lipinski definition) is 4. The van der Waals surface area contributed by atoms with Crippen molar-refractivity contribution in [3.05, 3.63) is 16.0 Å². The minimum Gasteiger partial charge on any atom is -0.462 e. The summed E-state index contributed by atoms with van der Waals surface area (Å²) >= 11 is 7.27. The molecule has 21 heavy (non-hydrogen) atoms. The lowest BCUT2D eigenvalue weighted by Crippen LogP contribution is -2.21. The molecule has 0 spiro atoms. The summed E-state index contributed by atoms with van der Waals surface area (Å²) in [5, 5.41) is 2.70. The average molecular weight is 330 g/mol. The van der Waals surface area contributed by atoms with Crippen LogP contribution in [0.15, 0.2) is 0 Å². The van der Waals surface area contributed by atoms with Crippen LogP contribution in [0.1, 0.15) is 48.0 Å². The number of hydrogen-bond donors (Lipinski definition) is 1.